The fourth-order valence-corrected chi connectivity index (χ4v) is 4.10. The van der Waals surface area contributed by atoms with Gasteiger partial charge in [-0.05, 0) is 18.3 Å². The monoisotopic (exact) mass is 310 g/mol. The summed E-state index contributed by atoms with van der Waals surface area (Å²) in [6.07, 6.45) is 20.6. The molecule has 130 valence electrons. The number of carboxylic acid groups (broad SMARTS) is 1. The van der Waals surface area contributed by atoms with Gasteiger partial charge in [0.25, 0.3) is 0 Å². The standard InChI is InChI=1S/C20H38O2/c1-2-3-4-5-6-7-9-13-18-15-12-16-19(18)14-10-8-11-17-20(21)22/h18-19H,2-17H2,1H3,(H,21,22). The fraction of sp³-hybridized carbons (Fsp3) is 0.950. The van der Waals surface area contributed by atoms with Gasteiger partial charge in [-0.15, -0.1) is 0 Å². The molecular formula is C20H38O2. The Labute approximate surface area is 138 Å². The van der Waals surface area contributed by atoms with Gasteiger partial charge in [-0.25, -0.2) is 0 Å². The van der Waals surface area contributed by atoms with Gasteiger partial charge in [-0.3, -0.25) is 4.79 Å². The molecule has 1 rings (SSSR count). The normalized spacial score (nSPS) is 21.3. The predicted octanol–water partition coefficient (Wildman–Crippen LogP) is 6.58. The first-order valence-electron chi connectivity index (χ1n) is 9.95. The molecule has 0 amide bonds. The fourth-order valence-electron chi connectivity index (χ4n) is 4.10. The van der Waals surface area contributed by atoms with Gasteiger partial charge in [0.1, 0.15) is 0 Å². The topological polar surface area (TPSA) is 37.3 Å². The molecule has 0 spiro atoms. The van der Waals surface area contributed by atoms with Gasteiger partial charge in [-0.1, -0.05) is 96.8 Å². The van der Waals surface area contributed by atoms with Crippen LogP contribution < -0.4 is 0 Å². The zero-order chi connectivity index (χ0) is 16.0. The first-order chi connectivity index (χ1) is 10.7. The molecule has 2 atom stereocenters. The van der Waals surface area contributed by atoms with Crippen LogP contribution in [0.4, 0.5) is 0 Å². The molecule has 1 aliphatic carbocycles. The molecule has 1 saturated carbocycles. The van der Waals surface area contributed by atoms with Crippen LogP contribution in [-0.2, 0) is 4.79 Å². The molecule has 1 N–H and O–H groups in total. The number of carbonyl (C=O) groups is 1. The Morgan fingerprint density at radius 3 is 1.86 bits per heavy atom. The highest BCUT2D eigenvalue weighted by Gasteiger charge is 2.25. The van der Waals surface area contributed by atoms with Crippen molar-refractivity contribution in [3.63, 3.8) is 0 Å². The summed E-state index contributed by atoms with van der Waals surface area (Å²) in [5.41, 5.74) is 0. The largest absolute Gasteiger partial charge is 0.481 e. The summed E-state index contributed by atoms with van der Waals surface area (Å²) in [6.45, 7) is 2.28. The average Bonchev–Trinajstić information content (AvgIpc) is 2.93. The number of hydrogen-bond donors (Lipinski definition) is 1. The summed E-state index contributed by atoms with van der Waals surface area (Å²) in [6, 6.07) is 0. The van der Waals surface area contributed by atoms with E-state index in [2.05, 4.69) is 6.92 Å². The molecule has 22 heavy (non-hydrogen) atoms. The van der Waals surface area contributed by atoms with Gasteiger partial charge in [-0.2, -0.15) is 0 Å². The summed E-state index contributed by atoms with van der Waals surface area (Å²) < 4.78 is 0. The minimum absolute atomic E-state index is 0.353. The van der Waals surface area contributed by atoms with Gasteiger partial charge in [0, 0.05) is 6.42 Å². The van der Waals surface area contributed by atoms with E-state index < -0.39 is 5.97 Å². The van der Waals surface area contributed by atoms with Gasteiger partial charge in [0.05, 0.1) is 0 Å². The molecular weight excluding hydrogens is 272 g/mol. The van der Waals surface area contributed by atoms with Crippen molar-refractivity contribution in [2.75, 3.05) is 0 Å². The Morgan fingerprint density at radius 2 is 1.32 bits per heavy atom. The van der Waals surface area contributed by atoms with Crippen molar-refractivity contribution in [3.05, 3.63) is 0 Å². The van der Waals surface area contributed by atoms with Crippen molar-refractivity contribution in [1.29, 1.82) is 0 Å². The Hall–Kier alpha value is -0.530. The maximum atomic E-state index is 10.5. The van der Waals surface area contributed by atoms with E-state index in [0.29, 0.717) is 6.42 Å². The summed E-state index contributed by atoms with van der Waals surface area (Å²) in [7, 11) is 0. The highest BCUT2D eigenvalue weighted by molar-refractivity contribution is 5.66. The molecule has 2 heteroatoms. The van der Waals surface area contributed by atoms with Crippen LogP contribution in [0.15, 0.2) is 0 Å². The van der Waals surface area contributed by atoms with E-state index in [-0.39, 0.29) is 0 Å². The lowest BCUT2D eigenvalue weighted by Gasteiger charge is -2.19. The average molecular weight is 311 g/mol. The van der Waals surface area contributed by atoms with Crippen molar-refractivity contribution in [2.45, 2.75) is 110 Å². The minimum atomic E-state index is -0.641. The minimum Gasteiger partial charge on any atom is -0.481 e. The molecule has 0 aromatic rings. The molecule has 0 bridgehead atoms. The van der Waals surface area contributed by atoms with Crippen LogP contribution in [-0.4, -0.2) is 11.1 Å². The molecule has 1 aliphatic rings. The van der Waals surface area contributed by atoms with E-state index in [1.54, 1.807) is 0 Å². The third-order valence-corrected chi connectivity index (χ3v) is 5.46. The molecule has 0 heterocycles. The van der Waals surface area contributed by atoms with Gasteiger partial charge in [0.15, 0.2) is 0 Å². The van der Waals surface area contributed by atoms with E-state index in [4.69, 9.17) is 5.11 Å². The Kier molecular flexibility index (Phi) is 11.5. The van der Waals surface area contributed by atoms with Crippen LogP contribution in [0.2, 0.25) is 0 Å². The molecule has 0 aliphatic heterocycles. The molecule has 0 aromatic heterocycles. The third-order valence-electron chi connectivity index (χ3n) is 5.46. The van der Waals surface area contributed by atoms with E-state index in [9.17, 15) is 4.79 Å². The maximum absolute atomic E-state index is 10.5. The first-order valence-corrected chi connectivity index (χ1v) is 9.95. The van der Waals surface area contributed by atoms with Crippen LogP contribution >= 0.6 is 0 Å². The highest BCUT2D eigenvalue weighted by Crippen LogP contribution is 2.38. The lowest BCUT2D eigenvalue weighted by Crippen LogP contribution is -2.08. The number of hydrogen-bond acceptors (Lipinski definition) is 1. The van der Waals surface area contributed by atoms with Crippen LogP contribution in [0, 0.1) is 11.8 Å². The van der Waals surface area contributed by atoms with Crippen LogP contribution in [0.3, 0.4) is 0 Å². The Morgan fingerprint density at radius 1 is 0.818 bits per heavy atom. The number of aliphatic carboxylic acids is 1. The number of carboxylic acids is 1. The van der Waals surface area contributed by atoms with Crippen LogP contribution in [0.5, 0.6) is 0 Å². The van der Waals surface area contributed by atoms with Crippen molar-refractivity contribution in [1.82, 2.24) is 0 Å². The molecule has 0 aromatic carbocycles. The van der Waals surface area contributed by atoms with E-state index in [1.165, 1.54) is 83.5 Å². The number of unbranched alkanes of at least 4 members (excludes halogenated alkanes) is 8. The van der Waals surface area contributed by atoms with Crippen molar-refractivity contribution in [3.8, 4) is 0 Å². The summed E-state index contributed by atoms with van der Waals surface area (Å²) in [4.78, 5) is 10.5. The Balaban J connectivity index is 1.99. The molecule has 0 saturated heterocycles. The van der Waals surface area contributed by atoms with E-state index >= 15 is 0 Å². The highest BCUT2D eigenvalue weighted by atomic mass is 16.4. The summed E-state index contributed by atoms with van der Waals surface area (Å²) in [5.74, 6) is 1.29. The summed E-state index contributed by atoms with van der Waals surface area (Å²) >= 11 is 0. The zero-order valence-corrected chi connectivity index (χ0v) is 14.8. The van der Waals surface area contributed by atoms with E-state index in [1.807, 2.05) is 0 Å². The van der Waals surface area contributed by atoms with Crippen molar-refractivity contribution in [2.24, 2.45) is 11.8 Å². The van der Waals surface area contributed by atoms with Gasteiger partial charge < -0.3 is 5.11 Å². The third kappa shape index (κ3) is 9.48. The smallest absolute Gasteiger partial charge is 0.303 e. The Bertz CT molecular complexity index is 275. The molecule has 0 radical (unpaired) electrons. The maximum Gasteiger partial charge on any atom is 0.303 e. The van der Waals surface area contributed by atoms with Crippen LogP contribution in [0.25, 0.3) is 0 Å². The zero-order valence-electron chi connectivity index (χ0n) is 14.8. The first kappa shape index (κ1) is 19.5. The second kappa shape index (κ2) is 13.0. The predicted molar refractivity (Wildman–Crippen MR) is 94.2 cm³/mol. The number of rotatable bonds is 14. The van der Waals surface area contributed by atoms with Gasteiger partial charge >= 0.3 is 5.97 Å². The molecule has 2 nitrogen and oxygen atoms in total. The second-order valence-electron chi connectivity index (χ2n) is 7.35. The quantitative estimate of drug-likeness (QED) is 0.368. The second-order valence-corrected chi connectivity index (χ2v) is 7.35. The van der Waals surface area contributed by atoms with Crippen LogP contribution in [0.1, 0.15) is 110 Å². The van der Waals surface area contributed by atoms with E-state index in [0.717, 1.165) is 24.7 Å². The van der Waals surface area contributed by atoms with Crippen molar-refractivity contribution < 1.29 is 9.90 Å². The lowest BCUT2D eigenvalue weighted by molar-refractivity contribution is -0.137. The van der Waals surface area contributed by atoms with Crippen molar-refractivity contribution >= 4 is 5.97 Å². The lowest BCUT2D eigenvalue weighted by atomic mass is 9.87. The SMILES string of the molecule is CCCCCCCCCC1CCCC1CCCCCC(=O)O. The molecule has 2 unspecified atom stereocenters. The molecule has 1 fully saturated rings. The van der Waals surface area contributed by atoms with Gasteiger partial charge in [0.2, 0.25) is 0 Å². The summed E-state index contributed by atoms with van der Waals surface area (Å²) in [5, 5.41) is 8.65.